The SMILES string of the molecule is COC(=O)CNC(=O)CCCC1CCC2C3CCC4CC(NCCCN5CCN(CCCN)CC5)CCC4(C)C3CCC12C. The fourth-order valence-electron chi connectivity index (χ4n) is 11.0. The largest absolute Gasteiger partial charge is 0.468 e. The van der Waals surface area contributed by atoms with Crippen LogP contribution in [-0.2, 0) is 14.3 Å². The lowest BCUT2D eigenvalue weighted by molar-refractivity contribution is -0.141. The van der Waals surface area contributed by atoms with Gasteiger partial charge < -0.3 is 30.9 Å². The molecule has 44 heavy (non-hydrogen) atoms. The van der Waals surface area contributed by atoms with Crippen molar-refractivity contribution in [2.45, 2.75) is 110 Å². The number of amides is 1. The summed E-state index contributed by atoms with van der Waals surface area (Å²) in [6, 6.07) is 0.715. The molecule has 0 bridgehead atoms. The summed E-state index contributed by atoms with van der Waals surface area (Å²) < 4.78 is 4.63. The highest BCUT2D eigenvalue weighted by atomic mass is 16.5. The molecule has 0 aromatic heterocycles. The quantitative estimate of drug-likeness (QED) is 0.197. The zero-order chi connectivity index (χ0) is 31.2. The fraction of sp³-hybridized carbons (Fsp3) is 0.944. The van der Waals surface area contributed by atoms with Gasteiger partial charge in [-0.1, -0.05) is 13.8 Å². The number of fused-ring (bicyclic) bond motifs is 5. The molecule has 5 aliphatic rings. The Hall–Kier alpha value is -1.22. The number of nitrogens with two attached hydrogens (primary N) is 1. The third-order valence-corrected chi connectivity index (χ3v) is 13.7. The standard InChI is InChI=1S/C36H65N5O3/c1-35-16-14-32-30(31(35)12-10-27(35)7-4-8-33(42)39-26-34(43)44-3)11-9-28-25-29(13-15-36(28,32)2)38-18-6-20-41-23-21-40(22-24-41)19-5-17-37/h27-32,38H,4-26,37H2,1-3H3,(H,39,42). The normalized spacial score (nSPS) is 37.5. The van der Waals surface area contributed by atoms with Crippen LogP contribution in [0.4, 0.5) is 0 Å². The molecule has 0 aromatic carbocycles. The van der Waals surface area contributed by atoms with Gasteiger partial charge >= 0.3 is 5.97 Å². The summed E-state index contributed by atoms with van der Waals surface area (Å²) in [5.41, 5.74) is 6.67. The molecule has 1 aliphatic heterocycles. The molecule has 4 saturated carbocycles. The highest BCUT2D eigenvalue weighted by molar-refractivity contribution is 5.81. The number of ether oxygens (including phenoxy) is 1. The maximum atomic E-state index is 12.2. The predicted molar refractivity (Wildman–Crippen MR) is 177 cm³/mol. The maximum Gasteiger partial charge on any atom is 0.325 e. The molecule has 1 amide bonds. The third kappa shape index (κ3) is 7.83. The Labute approximate surface area is 268 Å². The number of methoxy groups -OCH3 is 1. The first-order valence-corrected chi connectivity index (χ1v) is 18.5. The smallest absolute Gasteiger partial charge is 0.325 e. The highest BCUT2D eigenvalue weighted by Crippen LogP contribution is 2.67. The second-order valence-corrected chi connectivity index (χ2v) is 15.8. The Balaban J connectivity index is 1.03. The van der Waals surface area contributed by atoms with E-state index in [1.165, 1.54) is 117 Å². The topological polar surface area (TPSA) is 99.9 Å². The molecular weight excluding hydrogens is 550 g/mol. The predicted octanol–water partition coefficient (Wildman–Crippen LogP) is 4.42. The van der Waals surface area contributed by atoms with Crippen molar-refractivity contribution >= 4 is 11.9 Å². The van der Waals surface area contributed by atoms with E-state index in [1.54, 1.807) is 0 Å². The molecule has 0 spiro atoms. The van der Waals surface area contributed by atoms with Crippen molar-refractivity contribution in [1.29, 1.82) is 0 Å². The summed E-state index contributed by atoms with van der Waals surface area (Å²) in [7, 11) is 1.35. The van der Waals surface area contributed by atoms with Gasteiger partial charge in [0.2, 0.25) is 5.91 Å². The van der Waals surface area contributed by atoms with Gasteiger partial charge in [-0.2, -0.15) is 0 Å². The molecule has 8 atom stereocenters. The van der Waals surface area contributed by atoms with Crippen molar-refractivity contribution in [2.75, 3.05) is 66.0 Å². The van der Waals surface area contributed by atoms with Gasteiger partial charge in [-0.15, -0.1) is 0 Å². The van der Waals surface area contributed by atoms with Gasteiger partial charge in [0.25, 0.3) is 0 Å². The van der Waals surface area contributed by atoms with Gasteiger partial charge in [0.15, 0.2) is 0 Å². The van der Waals surface area contributed by atoms with E-state index in [-0.39, 0.29) is 18.4 Å². The molecule has 252 valence electrons. The van der Waals surface area contributed by atoms with Crippen molar-refractivity contribution in [3.63, 3.8) is 0 Å². The lowest BCUT2D eigenvalue weighted by Gasteiger charge is -2.61. The lowest BCUT2D eigenvalue weighted by atomic mass is 9.44. The molecule has 5 fully saturated rings. The summed E-state index contributed by atoms with van der Waals surface area (Å²) in [5.74, 6) is 3.91. The number of piperazine rings is 1. The number of nitrogens with one attached hydrogen (secondary N) is 2. The maximum absolute atomic E-state index is 12.2. The molecule has 4 N–H and O–H groups in total. The molecule has 8 nitrogen and oxygen atoms in total. The number of rotatable bonds is 14. The average molecular weight is 616 g/mol. The Morgan fingerprint density at radius 3 is 2.30 bits per heavy atom. The van der Waals surface area contributed by atoms with Crippen LogP contribution in [0.5, 0.6) is 0 Å². The minimum absolute atomic E-state index is 0.0213. The van der Waals surface area contributed by atoms with Gasteiger partial charge in [0, 0.05) is 38.6 Å². The van der Waals surface area contributed by atoms with E-state index >= 15 is 0 Å². The molecule has 0 radical (unpaired) electrons. The van der Waals surface area contributed by atoms with E-state index in [0.29, 0.717) is 23.3 Å². The van der Waals surface area contributed by atoms with Crippen molar-refractivity contribution in [1.82, 2.24) is 20.4 Å². The Bertz CT molecular complexity index is 941. The van der Waals surface area contributed by atoms with E-state index in [0.717, 1.165) is 55.4 Å². The second kappa shape index (κ2) is 15.6. The van der Waals surface area contributed by atoms with Crippen LogP contribution in [0.15, 0.2) is 0 Å². The summed E-state index contributed by atoms with van der Waals surface area (Å²) in [6.45, 7) is 14.5. The van der Waals surface area contributed by atoms with Gasteiger partial charge in [-0.3, -0.25) is 9.59 Å². The Morgan fingerprint density at radius 1 is 0.864 bits per heavy atom. The minimum atomic E-state index is -0.385. The number of nitrogens with zero attached hydrogens (tertiary/aromatic N) is 2. The summed E-state index contributed by atoms with van der Waals surface area (Å²) in [5, 5.41) is 6.72. The fourth-order valence-corrected chi connectivity index (χ4v) is 11.0. The summed E-state index contributed by atoms with van der Waals surface area (Å²) in [4.78, 5) is 28.8. The molecule has 8 heteroatoms. The van der Waals surface area contributed by atoms with E-state index in [2.05, 4.69) is 39.0 Å². The minimum Gasteiger partial charge on any atom is -0.468 e. The van der Waals surface area contributed by atoms with Crippen molar-refractivity contribution < 1.29 is 14.3 Å². The number of hydrogen-bond acceptors (Lipinski definition) is 7. The molecule has 0 aromatic rings. The molecule has 1 saturated heterocycles. The van der Waals surface area contributed by atoms with E-state index in [1.807, 2.05) is 0 Å². The van der Waals surface area contributed by atoms with Crippen LogP contribution in [0, 0.1) is 40.4 Å². The van der Waals surface area contributed by atoms with E-state index in [4.69, 9.17) is 5.73 Å². The zero-order valence-corrected chi connectivity index (χ0v) is 28.4. The first-order chi connectivity index (χ1) is 21.3. The van der Waals surface area contributed by atoms with Crippen LogP contribution in [0.25, 0.3) is 0 Å². The number of carbonyl (C=O) groups excluding carboxylic acids is 2. The van der Waals surface area contributed by atoms with Crippen LogP contribution < -0.4 is 16.4 Å². The van der Waals surface area contributed by atoms with Crippen molar-refractivity contribution in [2.24, 2.45) is 46.2 Å². The van der Waals surface area contributed by atoms with Crippen LogP contribution in [0.3, 0.4) is 0 Å². The third-order valence-electron chi connectivity index (χ3n) is 13.7. The first-order valence-electron chi connectivity index (χ1n) is 18.5. The van der Waals surface area contributed by atoms with Crippen LogP contribution in [0.1, 0.15) is 104 Å². The Morgan fingerprint density at radius 2 is 1.57 bits per heavy atom. The second-order valence-electron chi connectivity index (χ2n) is 15.8. The van der Waals surface area contributed by atoms with Gasteiger partial charge in [-0.25, -0.2) is 0 Å². The van der Waals surface area contributed by atoms with E-state index < -0.39 is 0 Å². The monoisotopic (exact) mass is 616 g/mol. The lowest BCUT2D eigenvalue weighted by Crippen LogP contribution is -2.55. The summed E-state index contributed by atoms with van der Waals surface area (Å²) in [6.07, 6.45) is 17.5. The first kappa shape index (κ1) is 34.1. The zero-order valence-electron chi connectivity index (χ0n) is 28.4. The molecular formula is C36H65N5O3. The van der Waals surface area contributed by atoms with Crippen LogP contribution in [-0.4, -0.2) is 93.7 Å². The molecule has 5 rings (SSSR count). The Kier molecular flexibility index (Phi) is 12.1. The number of hydrogen-bond donors (Lipinski definition) is 3. The average Bonchev–Trinajstić information content (AvgIpc) is 3.37. The van der Waals surface area contributed by atoms with Gasteiger partial charge in [0.05, 0.1) is 7.11 Å². The van der Waals surface area contributed by atoms with Gasteiger partial charge in [-0.05, 0) is 150 Å². The highest BCUT2D eigenvalue weighted by Gasteiger charge is 2.59. The van der Waals surface area contributed by atoms with Gasteiger partial charge in [0.1, 0.15) is 6.54 Å². The summed E-state index contributed by atoms with van der Waals surface area (Å²) >= 11 is 0. The van der Waals surface area contributed by atoms with Crippen LogP contribution in [0.2, 0.25) is 0 Å². The van der Waals surface area contributed by atoms with Crippen LogP contribution >= 0.6 is 0 Å². The van der Waals surface area contributed by atoms with Crippen molar-refractivity contribution in [3.8, 4) is 0 Å². The molecule has 4 aliphatic carbocycles. The molecule has 1 heterocycles. The number of carbonyl (C=O) groups is 2. The number of esters is 1. The molecule has 8 unspecified atom stereocenters. The van der Waals surface area contributed by atoms with E-state index in [9.17, 15) is 9.59 Å². The van der Waals surface area contributed by atoms with Crippen molar-refractivity contribution in [3.05, 3.63) is 0 Å².